The molecule has 1 nitrogen and oxygen atoms in total. The van der Waals surface area contributed by atoms with E-state index in [1.165, 1.54) is 52.1 Å². The van der Waals surface area contributed by atoms with Crippen molar-refractivity contribution in [2.75, 3.05) is 0 Å². The Morgan fingerprint density at radius 2 is 0.759 bits per heavy atom. The average molecular weight is 1090 g/mol. The summed E-state index contributed by atoms with van der Waals surface area (Å²) in [5, 5.41) is 0. The lowest BCUT2D eigenvalue weighted by Gasteiger charge is -2.14. The van der Waals surface area contributed by atoms with Gasteiger partial charge >= 0.3 is 6.18 Å². The van der Waals surface area contributed by atoms with Gasteiger partial charge in [0, 0.05) is 6.07 Å². The van der Waals surface area contributed by atoms with Gasteiger partial charge in [0.2, 0.25) is 0 Å². The molecular formula is C70H87F8N. The Labute approximate surface area is 470 Å². The lowest BCUT2D eigenvalue weighted by Crippen LogP contribution is -2.06. The molecule has 0 aromatic heterocycles. The quantitative estimate of drug-likeness (QED) is 0.106. The Morgan fingerprint density at radius 3 is 1.13 bits per heavy atom. The number of nitrogens with zero attached hydrogens (tertiary/aromatic N) is 1. The minimum absolute atomic E-state index is 0.0995. The molecule has 7 rings (SSSR count). The number of para-hydroxylation sites is 1. The van der Waals surface area contributed by atoms with Crippen LogP contribution in [-0.2, 0) is 6.18 Å². The van der Waals surface area contributed by atoms with E-state index in [-0.39, 0.29) is 29.4 Å². The zero-order valence-electron chi connectivity index (χ0n) is 50.0. The normalized spacial score (nSPS) is 10.8. The highest BCUT2D eigenvalue weighted by Gasteiger charge is 2.31. The summed E-state index contributed by atoms with van der Waals surface area (Å²) in [5.41, 5.74) is 10.7. The third kappa shape index (κ3) is 26.3. The van der Waals surface area contributed by atoms with E-state index in [2.05, 4.69) is 130 Å². The van der Waals surface area contributed by atoms with E-state index < -0.39 is 29.2 Å². The molecule has 0 unspecified atom stereocenters. The van der Waals surface area contributed by atoms with Crippen molar-refractivity contribution in [2.24, 2.45) is 0 Å². The summed E-state index contributed by atoms with van der Waals surface area (Å²) in [6.07, 6.45) is -4.48. The van der Waals surface area contributed by atoms with Gasteiger partial charge in [-0.1, -0.05) is 219 Å². The molecule has 0 saturated carbocycles. The van der Waals surface area contributed by atoms with Crippen LogP contribution in [0.4, 0.5) is 40.8 Å². The van der Waals surface area contributed by atoms with E-state index in [1.807, 2.05) is 77.1 Å². The number of aryl methyl sites for hydroxylation is 2. The molecule has 428 valence electrons. The Hall–Kier alpha value is -6.53. The largest absolute Gasteiger partial charge is 0.416 e. The van der Waals surface area contributed by atoms with Crippen molar-refractivity contribution in [1.29, 1.82) is 0 Å². The highest BCUT2D eigenvalue weighted by molar-refractivity contribution is 5.53. The molecule has 79 heavy (non-hydrogen) atoms. The van der Waals surface area contributed by atoms with Crippen molar-refractivity contribution in [3.05, 3.63) is 253 Å². The van der Waals surface area contributed by atoms with Crippen molar-refractivity contribution in [1.82, 2.24) is 0 Å². The van der Waals surface area contributed by atoms with Crippen LogP contribution in [0.5, 0.6) is 0 Å². The summed E-state index contributed by atoms with van der Waals surface area (Å²) in [7, 11) is 0. The molecule has 0 amide bonds. The average Bonchev–Trinajstić information content (AvgIpc) is 3.37. The number of benzene rings is 7. The van der Waals surface area contributed by atoms with Gasteiger partial charge in [-0.25, -0.2) is 26.8 Å². The van der Waals surface area contributed by atoms with E-state index >= 15 is 0 Å². The van der Waals surface area contributed by atoms with E-state index in [4.69, 9.17) is 6.57 Å². The Balaban J connectivity index is 0.000000462. The fraction of sp³-hybridized carbons (Fsp3) is 0.386. The maximum Gasteiger partial charge on any atom is 0.416 e. The first-order chi connectivity index (χ1) is 36.8. The smallest absolute Gasteiger partial charge is 0.238 e. The van der Waals surface area contributed by atoms with Gasteiger partial charge in [-0.05, 0) is 154 Å². The SMILES string of the molecule is CC(C)c1cc(F)cc(C(F)(F)F)c1.CC(C)c1ccc(F)cc1F.CC(C)c1ccccc1C(C)C.CC(C)c1ccccc1F.Cc1cc(F)ccc1C(C)C.Cc1cccc(C(C)C)c1.[C-]#[N+]c1ccccc1C(C)C. The van der Waals surface area contributed by atoms with Crippen molar-refractivity contribution < 1.29 is 35.1 Å². The third-order valence-electron chi connectivity index (χ3n) is 12.5. The molecule has 0 aliphatic rings. The third-order valence-corrected chi connectivity index (χ3v) is 12.5. The first-order valence-corrected chi connectivity index (χ1v) is 27.3. The minimum Gasteiger partial charge on any atom is -0.238 e. The first-order valence-electron chi connectivity index (χ1n) is 27.3. The molecule has 0 N–H and O–H groups in total. The highest BCUT2D eigenvalue weighted by Crippen LogP contribution is 2.32. The Kier molecular flexibility index (Phi) is 31.4. The monoisotopic (exact) mass is 1090 g/mol. The minimum atomic E-state index is -4.48. The lowest BCUT2D eigenvalue weighted by atomic mass is 9.91. The molecule has 0 spiro atoms. The molecule has 9 heteroatoms. The van der Waals surface area contributed by atoms with E-state index in [0.717, 1.165) is 40.6 Å². The molecule has 0 heterocycles. The maximum absolute atomic E-state index is 12.9. The van der Waals surface area contributed by atoms with Gasteiger partial charge in [0.25, 0.3) is 0 Å². The van der Waals surface area contributed by atoms with Crippen LogP contribution in [0.3, 0.4) is 0 Å². The predicted octanol–water partition coefficient (Wildman–Crippen LogP) is 23.7. The topological polar surface area (TPSA) is 4.36 Å². The van der Waals surface area contributed by atoms with Crippen LogP contribution in [0.2, 0.25) is 0 Å². The Morgan fingerprint density at radius 1 is 0.342 bits per heavy atom. The van der Waals surface area contributed by atoms with Crippen LogP contribution >= 0.6 is 0 Å². The number of hydrogen-bond acceptors (Lipinski definition) is 0. The molecule has 0 aliphatic heterocycles. The number of halogens is 8. The zero-order valence-corrected chi connectivity index (χ0v) is 50.0. The highest BCUT2D eigenvalue weighted by atomic mass is 19.4. The molecule has 7 aromatic rings. The molecule has 0 aliphatic carbocycles. The summed E-state index contributed by atoms with van der Waals surface area (Å²) < 4.78 is 100. The van der Waals surface area contributed by atoms with Crippen LogP contribution < -0.4 is 0 Å². The van der Waals surface area contributed by atoms with Crippen LogP contribution in [-0.4, -0.2) is 0 Å². The molecule has 0 fully saturated rings. The van der Waals surface area contributed by atoms with Crippen molar-refractivity contribution in [3.8, 4) is 0 Å². The van der Waals surface area contributed by atoms with Crippen molar-refractivity contribution in [3.63, 3.8) is 0 Å². The predicted molar refractivity (Wildman–Crippen MR) is 318 cm³/mol. The molecule has 0 radical (unpaired) electrons. The van der Waals surface area contributed by atoms with E-state index in [1.54, 1.807) is 26.0 Å². The first kappa shape index (κ1) is 70.5. The fourth-order valence-electron chi connectivity index (χ4n) is 7.98. The van der Waals surface area contributed by atoms with Gasteiger partial charge in [0.05, 0.1) is 12.1 Å². The number of rotatable bonds is 8. The molecule has 7 aromatic carbocycles. The molecular weight excluding hydrogens is 1010 g/mol. The van der Waals surface area contributed by atoms with Gasteiger partial charge < -0.3 is 0 Å². The van der Waals surface area contributed by atoms with Gasteiger partial charge in [-0.3, -0.25) is 0 Å². The second kappa shape index (κ2) is 35.2. The molecule has 0 bridgehead atoms. The second-order valence-electron chi connectivity index (χ2n) is 21.9. The van der Waals surface area contributed by atoms with Gasteiger partial charge in [-0.15, -0.1) is 0 Å². The van der Waals surface area contributed by atoms with E-state index in [9.17, 15) is 35.1 Å². The number of hydrogen-bond donors (Lipinski definition) is 0. The van der Waals surface area contributed by atoms with Crippen LogP contribution in [0.25, 0.3) is 4.85 Å². The van der Waals surface area contributed by atoms with Gasteiger partial charge in [-0.2, -0.15) is 13.2 Å². The summed E-state index contributed by atoms with van der Waals surface area (Å²) in [6, 6.07) is 43.3. The fourth-order valence-corrected chi connectivity index (χ4v) is 7.98. The van der Waals surface area contributed by atoms with E-state index in [0.29, 0.717) is 46.8 Å². The summed E-state index contributed by atoms with van der Waals surface area (Å²) >= 11 is 0. The van der Waals surface area contributed by atoms with Crippen LogP contribution in [0, 0.1) is 49.5 Å². The van der Waals surface area contributed by atoms with Crippen molar-refractivity contribution >= 4 is 5.69 Å². The second-order valence-corrected chi connectivity index (χ2v) is 21.9. The van der Waals surface area contributed by atoms with Gasteiger partial charge in [0.1, 0.15) is 29.1 Å². The molecule has 0 saturated heterocycles. The lowest BCUT2D eigenvalue weighted by molar-refractivity contribution is -0.137. The van der Waals surface area contributed by atoms with Crippen LogP contribution in [0.1, 0.15) is 219 Å². The summed E-state index contributed by atoms with van der Waals surface area (Å²) in [6.45, 7) is 44.0. The number of alkyl halides is 3. The van der Waals surface area contributed by atoms with Gasteiger partial charge in [0.15, 0.2) is 5.69 Å². The Bertz CT molecular complexity index is 2820. The molecule has 0 atom stereocenters. The summed E-state index contributed by atoms with van der Waals surface area (Å²) in [4.78, 5) is 3.44. The van der Waals surface area contributed by atoms with Crippen molar-refractivity contribution in [2.45, 2.75) is 178 Å². The zero-order chi connectivity index (χ0) is 60.3. The standard InChI is InChI=1S/C12H18.C10H10F4.C10H13F.C10H11N.C10H14.C9H10F2.C9H11F/c1-9(2)11-7-5-6-8-12(11)10(3)4;1-6(2)7-3-8(10(12,13)14)5-9(11)4-7;1-7(2)10-5-4-9(11)6-8(10)3;1-8(2)9-6-4-5-7-10(9)11-3;1-8(2)10-6-4-5-9(3)7-10;1-6(2)8-4-3-7(10)5-9(8)11;1-7(2)8-5-3-4-6-9(8)10/h5-10H,1-4H3;3-6H,1-2H3;4-7H,1-3H3;4-8H,1-2H3;4-8H,1-3H3;3-6H,1-2H3;3-7H,1-2H3. The van der Waals surface area contributed by atoms with Crippen LogP contribution in [0.15, 0.2) is 152 Å². The summed E-state index contributed by atoms with van der Waals surface area (Å²) in [5.74, 6) is 1.06. The maximum atomic E-state index is 12.9.